The van der Waals surface area contributed by atoms with E-state index >= 15 is 0 Å². The highest BCUT2D eigenvalue weighted by Crippen LogP contribution is 2.26. The van der Waals surface area contributed by atoms with Gasteiger partial charge in [-0.1, -0.05) is 54.6 Å². The van der Waals surface area contributed by atoms with Crippen LogP contribution < -0.4 is 15.8 Å². The smallest absolute Gasteiger partial charge is 0.254 e. The van der Waals surface area contributed by atoms with Crippen LogP contribution in [0.3, 0.4) is 0 Å². The maximum Gasteiger partial charge on any atom is 0.254 e. The molecule has 3 aromatic rings. The van der Waals surface area contributed by atoms with Crippen molar-refractivity contribution in [1.82, 2.24) is 5.32 Å². The largest absolute Gasteiger partial charge is 0.457 e. The maximum absolute atomic E-state index is 12.7. The third-order valence-electron chi connectivity index (χ3n) is 4.35. The molecule has 0 saturated carbocycles. The lowest BCUT2D eigenvalue weighted by molar-refractivity contribution is -0.131. The van der Waals surface area contributed by atoms with E-state index in [1.807, 2.05) is 60.7 Å². The van der Waals surface area contributed by atoms with Gasteiger partial charge in [0.1, 0.15) is 17.3 Å². The SMILES string of the molecule is CO[C@H](C(=O)NCc1ccc(C(=N)N)cc1)c1cccc(Oc2ccccc2)c1.Cl. The highest BCUT2D eigenvalue weighted by Gasteiger charge is 2.20. The third kappa shape index (κ3) is 6.07. The average molecular weight is 426 g/mol. The second-order valence-electron chi connectivity index (χ2n) is 6.43. The van der Waals surface area contributed by atoms with E-state index in [-0.39, 0.29) is 24.1 Å². The molecular weight excluding hydrogens is 402 g/mol. The number of para-hydroxylation sites is 1. The molecule has 0 heterocycles. The number of amidine groups is 1. The van der Waals surface area contributed by atoms with Crippen LogP contribution in [0, 0.1) is 5.41 Å². The Bertz CT molecular complexity index is 978. The molecule has 0 bridgehead atoms. The zero-order chi connectivity index (χ0) is 20.6. The van der Waals surface area contributed by atoms with Crippen LogP contribution in [0.25, 0.3) is 0 Å². The number of ether oxygens (including phenoxy) is 2. The number of nitrogens with two attached hydrogens (primary N) is 1. The van der Waals surface area contributed by atoms with E-state index in [4.69, 9.17) is 20.6 Å². The van der Waals surface area contributed by atoms with Crippen LogP contribution in [0.15, 0.2) is 78.9 Å². The molecule has 0 aliphatic rings. The first-order valence-corrected chi connectivity index (χ1v) is 9.13. The molecule has 0 aliphatic heterocycles. The van der Waals surface area contributed by atoms with Crippen LogP contribution in [0.5, 0.6) is 11.5 Å². The van der Waals surface area contributed by atoms with Crippen molar-refractivity contribution in [3.05, 3.63) is 95.6 Å². The van der Waals surface area contributed by atoms with Crippen LogP contribution in [-0.2, 0) is 16.1 Å². The van der Waals surface area contributed by atoms with Crippen molar-refractivity contribution in [2.75, 3.05) is 7.11 Å². The van der Waals surface area contributed by atoms with Gasteiger partial charge in [0.25, 0.3) is 5.91 Å². The van der Waals surface area contributed by atoms with Gasteiger partial charge < -0.3 is 20.5 Å². The predicted molar refractivity (Wildman–Crippen MR) is 119 cm³/mol. The van der Waals surface area contributed by atoms with Gasteiger partial charge in [0, 0.05) is 19.2 Å². The normalized spacial score (nSPS) is 11.1. The lowest BCUT2D eigenvalue weighted by atomic mass is 10.1. The topological polar surface area (TPSA) is 97.4 Å². The van der Waals surface area contributed by atoms with Crippen molar-refractivity contribution in [3.8, 4) is 11.5 Å². The van der Waals surface area contributed by atoms with Crippen molar-refractivity contribution in [3.63, 3.8) is 0 Å². The summed E-state index contributed by atoms with van der Waals surface area (Å²) in [5.41, 5.74) is 7.70. The first-order chi connectivity index (χ1) is 14.1. The summed E-state index contributed by atoms with van der Waals surface area (Å²) in [5.74, 6) is 1.11. The quantitative estimate of drug-likeness (QED) is 0.372. The van der Waals surface area contributed by atoms with Gasteiger partial charge in [-0.2, -0.15) is 0 Å². The number of nitrogens with one attached hydrogen (secondary N) is 2. The van der Waals surface area contributed by atoms with E-state index in [2.05, 4.69) is 5.32 Å². The van der Waals surface area contributed by atoms with Crippen molar-refractivity contribution >= 4 is 24.1 Å². The van der Waals surface area contributed by atoms with Gasteiger partial charge in [0.05, 0.1) is 0 Å². The molecule has 30 heavy (non-hydrogen) atoms. The monoisotopic (exact) mass is 425 g/mol. The van der Waals surface area contributed by atoms with Gasteiger partial charge in [-0.25, -0.2) is 0 Å². The molecule has 3 rings (SSSR count). The summed E-state index contributed by atoms with van der Waals surface area (Å²) in [4.78, 5) is 12.7. The van der Waals surface area contributed by atoms with Gasteiger partial charge >= 0.3 is 0 Å². The van der Waals surface area contributed by atoms with E-state index < -0.39 is 6.10 Å². The fourth-order valence-corrected chi connectivity index (χ4v) is 2.84. The molecule has 156 valence electrons. The van der Waals surface area contributed by atoms with Crippen LogP contribution in [0.4, 0.5) is 0 Å². The predicted octanol–water partition coefficient (Wildman–Crippen LogP) is 4.19. The molecule has 7 heteroatoms. The highest BCUT2D eigenvalue weighted by molar-refractivity contribution is 5.94. The number of benzene rings is 3. The van der Waals surface area contributed by atoms with Crippen LogP contribution in [-0.4, -0.2) is 18.9 Å². The summed E-state index contributed by atoms with van der Waals surface area (Å²) in [6, 6.07) is 23.9. The Labute approximate surface area is 181 Å². The number of carbonyl (C=O) groups excluding carboxylic acids is 1. The molecule has 1 amide bonds. The number of halogens is 1. The van der Waals surface area contributed by atoms with Crippen LogP contribution in [0.2, 0.25) is 0 Å². The van der Waals surface area contributed by atoms with Gasteiger partial charge in [-0.05, 0) is 35.4 Å². The zero-order valence-corrected chi connectivity index (χ0v) is 17.3. The number of nitrogen functional groups attached to an aromatic ring is 1. The van der Waals surface area contributed by atoms with Crippen molar-refractivity contribution in [2.45, 2.75) is 12.6 Å². The highest BCUT2D eigenvalue weighted by atomic mass is 35.5. The molecule has 4 N–H and O–H groups in total. The fourth-order valence-electron chi connectivity index (χ4n) is 2.84. The standard InChI is InChI=1S/C23H23N3O3.ClH/c1-28-21(23(27)26-15-16-10-12-17(13-11-16)22(24)25)18-6-5-9-20(14-18)29-19-7-3-2-4-8-19;/h2-14,21H,15H2,1H3,(H3,24,25)(H,26,27);1H/t21-;/m0./s1. The zero-order valence-electron chi connectivity index (χ0n) is 16.5. The molecule has 0 saturated heterocycles. The minimum atomic E-state index is -0.759. The molecular formula is C23H24ClN3O3. The van der Waals surface area contributed by atoms with E-state index in [1.165, 1.54) is 7.11 Å². The van der Waals surface area contributed by atoms with Gasteiger partial charge in [-0.15, -0.1) is 12.4 Å². The lowest BCUT2D eigenvalue weighted by Gasteiger charge is -2.17. The molecule has 0 spiro atoms. The fraction of sp³-hybridized carbons (Fsp3) is 0.130. The second kappa shape index (κ2) is 11.0. The summed E-state index contributed by atoms with van der Waals surface area (Å²) in [5, 5.41) is 10.3. The Morgan fingerprint density at radius 3 is 2.30 bits per heavy atom. The third-order valence-corrected chi connectivity index (χ3v) is 4.35. The van der Waals surface area contributed by atoms with E-state index in [9.17, 15) is 4.79 Å². The number of rotatable bonds is 8. The molecule has 3 aromatic carbocycles. The molecule has 0 aromatic heterocycles. The summed E-state index contributed by atoms with van der Waals surface area (Å²) >= 11 is 0. The average Bonchev–Trinajstić information content (AvgIpc) is 2.74. The molecule has 6 nitrogen and oxygen atoms in total. The van der Waals surface area contributed by atoms with Crippen molar-refractivity contribution in [2.24, 2.45) is 5.73 Å². The van der Waals surface area contributed by atoms with E-state index in [0.717, 1.165) is 11.3 Å². The van der Waals surface area contributed by atoms with Gasteiger partial charge in [0.15, 0.2) is 6.10 Å². The first-order valence-electron chi connectivity index (χ1n) is 9.13. The Hall–Kier alpha value is -3.35. The Morgan fingerprint density at radius 2 is 1.67 bits per heavy atom. The number of hydrogen-bond acceptors (Lipinski definition) is 4. The Balaban J connectivity index is 0.00000320. The van der Waals surface area contributed by atoms with Crippen molar-refractivity contribution < 1.29 is 14.3 Å². The maximum atomic E-state index is 12.7. The lowest BCUT2D eigenvalue weighted by Crippen LogP contribution is -2.30. The van der Waals surface area contributed by atoms with E-state index in [1.54, 1.807) is 18.2 Å². The molecule has 0 unspecified atom stereocenters. The number of carbonyl (C=O) groups is 1. The molecule has 0 fully saturated rings. The minimum absolute atomic E-state index is 0. The number of amides is 1. The first kappa shape index (κ1) is 22.9. The Kier molecular flexibility index (Phi) is 8.41. The molecule has 0 aliphatic carbocycles. The van der Waals surface area contributed by atoms with Crippen molar-refractivity contribution in [1.29, 1.82) is 5.41 Å². The summed E-state index contributed by atoms with van der Waals surface area (Å²) in [7, 11) is 1.50. The molecule has 0 radical (unpaired) electrons. The van der Waals surface area contributed by atoms with Gasteiger partial charge in [-0.3, -0.25) is 10.2 Å². The Morgan fingerprint density at radius 1 is 1.00 bits per heavy atom. The molecule has 1 atom stereocenters. The second-order valence-corrected chi connectivity index (χ2v) is 6.43. The van der Waals surface area contributed by atoms with Gasteiger partial charge in [0.2, 0.25) is 0 Å². The summed E-state index contributed by atoms with van der Waals surface area (Å²) in [6.45, 7) is 0.344. The minimum Gasteiger partial charge on any atom is -0.457 e. The summed E-state index contributed by atoms with van der Waals surface area (Å²) < 4.78 is 11.3. The van der Waals surface area contributed by atoms with Crippen LogP contribution >= 0.6 is 12.4 Å². The number of hydrogen-bond donors (Lipinski definition) is 3. The van der Waals surface area contributed by atoms with E-state index in [0.29, 0.717) is 23.4 Å². The number of methoxy groups -OCH3 is 1. The van der Waals surface area contributed by atoms with Crippen LogP contribution in [0.1, 0.15) is 22.8 Å². The summed E-state index contributed by atoms with van der Waals surface area (Å²) in [6.07, 6.45) is -0.759.